The van der Waals surface area contributed by atoms with Crippen molar-refractivity contribution >= 4 is 27.3 Å². The van der Waals surface area contributed by atoms with Crippen molar-refractivity contribution in [3.8, 4) is 0 Å². The maximum absolute atomic E-state index is 12.3. The molecule has 2 rings (SSSR count). The van der Waals surface area contributed by atoms with Crippen molar-refractivity contribution in [2.45, 2.75) is 56.3 Å². The molecule has 0 aliphatic heterocycles. The molecule has 2 N–H and O–H groups in total. The van der Waals surface area contributed by atoms with Crippen LogP contribution in [0.2, 0.25) is 0 Å². The van der Waals surface area contributed by atoms with E-state index in [2.05, 4.69) is 17.0 Å². The molecule has 1 aliphatic carbocycles. The predicted molar refractivity (Wildman–Crippen MR) is 83.6 cm³/mol. The first-order chi connectivity index (χ1) is 9.87. The Hall–Kier alpha value is -0.920. The molecule has 1 amide bonds. The fourth-order valence-electron chi connectivity index (χ4n) is 2.46. The molecule has 0 aromatic carbocycles. The van der Waals surface area contributed by atoms with Gasteiger partial charge in [-0.3, -0.25) is 4.79 Å². The van der Waals surface area contributed by atoms with E-state index < -0.39 is 10.0 Å². The summed E-state index contributed by atoms with van der Waals surface area (Å²) >= 11 is 1.21. The third-order valence-electron chi connectivity index (χ3n) is 3.75. The third kappa shape index (κ3) is 4.79. The molecule has 5 nitrogen and oxygen atoms in total. The maximum Gasteiger partial charge on any atom is 0.250 e. The zero-order valence-corrected chi connectivity index (χ0v) is 14.0. The van der Waals surface area contributed by atoms with Gasteiger partial charge in [-0.2, -0.15) is 0 Å². The summed E-state index contributed by atoms with van der Waals surface area (Å²) in [6.45, 7) is 4.02. The molecule has 0 saturated heterocycles. The lowest BCUT2D eigenvalue weighted by molar-refractivity contribution is -0.119. The Balaban J connectivity index is 1.97. The summed E-state index contributed by atoms with van der Waals surface area (Å²) in [6, 6.07) is 3.40. The summed E-state index contributed by atoms with van der Waals surface area (Å²) in [4.78, 5) is 11.7. The highest BCUT2D eigenvalue weighted by molar-refractivity contribution is 7.91. The summed E-state index contributed by atoms with van der Waals surface area (Å²) in [7, 11) is -3.44. The van der Waals surface area contributed by atoms with Crippen molar-refractivity contribution in [1.29, 1.82) is 0 Å². The number of carbonyl (C=O) groups excluding carboxylic acids is 1. The van der Waals surface area contributed by atoms with Crippen molar-refractivity contribution in [2.75, 3.05) is 0 Å². The van der Waals surface area contributed by atoms with Gasteiger partial charge in [0, 0.05) is 17.8 Å². The van der Waals surface area contributed by atoms with Gasteiger partial charge in [0.05, 0.1) is 6.54 Å². The van der Waals surface area contributed by atoms with Gasteiger partial charge in [0.15, 0.2) is 0 Å². The number of hydrogen-bond acceptors (Lipinski definition) is 4. The van der Waals surface area contributed by atoms with E-state index in [9.17, 15) is 13.2 Å². The Labute approximate surface area is 130 Å². The van der Waals surface area contributed by atoms with Gasteiger partial charge in [-0.15, -0.1) is 11.3 Å². The zero-order valence-electron chi connectivity index (χ0n) is 12.4. The van der Waals surface area contributed by atoms with Gasteiger partial charge in [-0.05, 0) is 43.7 Å². The van der Waals surface area contributed by atoms with Crippen molar-refractivity contribution in [3.05, 3.63) is 17.0 Å². The van der Waals surface area contributed by atoms with Crippen LogP contribution in [0.25, 0.3) is 0 Å². The number of nitrogens with one attached hydrogen (secondary N) is 2. The number of thiophene rings is 1. The molecular formula is C14H22N2O3S2. The van der Waals surface area contributed by atoms with Crippen LogP contribution in [0, 0.1) is 5.92 Å². The highest BCUT2D eigenvalue weighted by atomic mass is 32.2. The number of amides is 1. The van der Waals surface area contributed by atoms with Crippen LogP contribution in [-0.2, 0) is 21.4 Å². The molecule has 1 saturated carbocycles. The summed E-state index contributed by atoms with van der Waals surface area (Å²) in [5.41, 5.74) is 0. The average Bonchev–Trinajstić information content (AvgIpc) is 2.88. The molecule has 0 bridgehead atoms. The first-order valence-corrected chi connectivity index (χ1v) is 9.52. The Kier molecular flexibility index (Phi) is 5.40. The normalized spacial score (nSPS) is 23.0. The highest BCUT2D eigenvalue weighted by Gasteiger charge is 2.25. The van der Waals surface area contributed by atoms with Crippen molar-refractivity contribution in [3.63, 3.8) is 0 Å². The standard InChI is InChI=1S/C14H22N2O3S2/c1-10-3-5-12(6-4-10)16-21(18,19)14-8-7-13(20-14)9-15-11(2)17/h7-8,10,12,16H,3-6,9H2,1-2H3,(H,15,17). The fraction of sp³-hybridized carbons (Fsp3) is 0.643. The minimum absolute atomic E-state index is 0.0482. The molecule has 0 radical (unpaired) electrons. The summed E-state index contributed by atoms with van der Waals surface area (Å²) < 4.78 is 27.8. The van der Waals surface area contributed by atoms with E-state index in [0.29, 0.717) is 16.7 Å². The van der Waals surface area contributed by atoms with Gasteiger partial charge in [-0.1, -0.05) is 6.92 Å². The lowest BCUT2D eigenvalue weighted by Crippen LogP contribution is -2.36. The minimum Gasteiger partial charge on any atom is -0.351 e. The van der Waals surface area contributed by atoms with Crippen molar-refractivity contribution in [2.24, 2.45) is 5.92 Å². The second-order valence-corrected chi connectivity index (χ2v) is 8.82. The Morgan fingerprint density at radius 2 is 1.95 bits per heavy atom. The van der Waals surface area contributed by atoms with E-state index in [-0.39, 0.29) is 11.9 Å². The van der Waals surface area contributed by atoms with Crippen LogP contribution in [0.4, 0.5) is 0 Å². The monoisotopic (exact) mass is 330 g/mol. The van der Waals surface area contributed by atoms with Gasteiger partial charge in [-0.25, -0.2) is 13.1 Å². The van der Waals surface area contributed by atoms with E-state index in [4.69, 9.17) is 0 Å². The molecule has 0 spiro atoms. The minimum atomic E-state index is -3.44. The number of carbonyl (C=O) groups is 1. The molecule has 1 heterocycles. The molecule has 0 unspecified atom stereocenters. The molecule has 1 aromatic heterocycles. The van der Waals surface area contributed by atoms with Crippen molar-refractivity contribution in [1.82, 2.24) is 10.0 Å². The second kappa shape index (κ2) is 6.89. The summed E-state index contributed by atoms with van der Waals surface area (Å²) in [6.07, 6.45) is 3.96. The predicted octanol–water partition coefficient (Wildman–Crippen LogP) is 2.24. The molecule has 21 heavy (non-hydrogen) atoms. The molecule has 7 heteroatoms. The number of rotatable bonds is 5. The van der Waals surface area contributed by atoms with E-state index in [1.807, 2.05) is 0 Å². The van der Waals surface area contributed by atoms with E-state index in [1.165, 1.54) is 18.3 Å². The SMILES string of the molecule is CC(=O)NCc1ccc(S(=O)(=O)NC2CCC(C)CC2)s1. The number of sulfonamides is 1. The van der Waals surface area contributed by atoms with Crippen LogP contribution in [0.5, 0.6) is 0 Å². The molecule has 0 atom stereocenters. The Bertz CT molecular complexity index is 587. The maximum atomic E-state index is 12.3. The Morgan fingerprint density at radius 3 is 2.57 bits per heavy atom. The summed E-state index contributed by atoms with van der Waals surface area (Å²) in [5.74, 6) is 0.569. The van der Waals surface area contributed by atoms with Crippen LogP contribution >= 0.6 is 11.3 Å². The first-order valence-electron chi connectivity index (χ1n) is 7.22. The topological polar surface area (TPSA) is 75.3 Å². The van der Waals surface area contributed by atoms with Crippen LogP contribution in [0.3, 0.4) is 0 Å². The van der Waals surface area contributed by atoms with Gasteiger partial charge < -0.3 is 5.32 Å². The molecule has 1 fully saturated rings. The van der Waals surface area contributed by atoms with Gasteiger partial charge >= 0.3 is 0 Å². The van der Waals surface area contributed by atoms with Gasteiger partial charge in [0.1, 0.15) is 4.21 Å². The van der Waals surface area contributed by atoms with Gasteiger partial charge in [0.2, 0.25) is 15.9 Å². The molecular weight excluding hydrogens is 308 g/mol. The highest BCUT2D eigenvalue weighted by Crippen LogP contribution is 2.26. The van der Waals surface area contributed by atoms with E-state index in [1.54, 1.807) is 12.1 Å². The van der Waals surface area contributed by atoms with E-state index >= 15 is 0 Å². The fourth-order valence-corrected chi connectivity index (χ4v) is 5.08. The lowest BCUT2D eigenvalue weighted by atomic mass is 9.88. The second-order valence-electron chi connectivity index (χ2n) is 5.71. The largest absolute Gasteiger partial charge is 0.351 e. The molecule has 1 aromatic rings. The Morgan fingerprint density at radius 1 is 1.29 bits per heavy atom. The average molecular weight is 330 g/mol. The zero-order chi connectivity index (χ0) is 15.5. The van der Waals surface area contributed by atoms with Crippen LogP contribution < -0.4 is 10.0 Å². The van der Waals surface area contributed by atoms with Crippen LogP contribution in [0.1, 0.15) is 44.4 Å². The van der Waals surface area contributed by atoms with Gasteiger partial charge in [0.25, 0.3) is 0 Å². The quantitative estimate of drug-likeness (QED) is 0.869. The lowest BCUT2D eigenvalue weighted by Gasteiger charge is -2.26. The van der Waals surface area contributed by atoms with Crippen LogP contribution in [0.15, 0.2) is 16.3 Å². The molecule has 1 aliphatic rings. The number of hydrogen-bond donors (Lipinski definition) is 2. The third-order valence-corrected chi connectivity index (χ3v) is 6.85. The smallest absolute Gasteiger partial charge is 0.250 e. The summed E-state index contributed by atoms with van der Waals surface area (Å²) in [5, 5.41) is 2.67. The van der Waals surface area contributed by atoms with Crippen molar-refractivity contribution < 1.29 is 13.2 Å². The van der Waals surface area contributed by atoms with Crippen LogP contribution in [-0.4, -0.2) is 20.4 Å². The van der Waals surface area contributed by atoms with E-state index in [0.717, 1.165) is 30.6 Å². The first kappa shape index (κ1) is 16.5. The molecule has 118 valence electrons.